The van der Waals surface area contributed by atoms with Crippen LogP contribution in [-0.2, 0) is 6.18 Å². The van der Waals surface area contributed by atoms with Crippen molar-refractivity contribution in [2.75, 3.05) is 13.6 Å². The zero-order valence-corrected chi connectivity index (χ0v) is 18.7. The SMILES string of the molecule is CCN(C)/C=N\c1cc(C)c(Oc2ccc(C3CCCCC3)cc2C(F)(F)F)cc1C. The average Bonchev–Trinajstić information content (AvgIpc) is 2.75. The molecule has 0 amide bonds. The summed E-state index contributed by atoms with van der Waals surface area (Å²) in [5, 5.41) is 0. The number of halogens is 3. The van der Waals surface area contributed by atoms with Gasteiger partial charge in [-0.1, -0.05) is 25.3 Å². The lowest BCUT2D eigenvalue weighted by Crippen LogP contribution is -2.14. The quantitative estimate of drug-likeness (QED) is 0.344. The van der Waals surface area contributed by atoms with Gasteiger partial charge in [-0.2, -0.15) is 13.2 Å². The third-order valence-electron chi connectivity index (χ3n) is 5.99. The molecule has 0 aliphatic heterocycles. The Morgan fingerprint density at radius 1 is 1.03 bits per heavy atom. The van der Waals surface area contributed by atoms with Gasteiger partial charge in [-0.15, -0.1) is 0 Å². The molecule has 3 rings (SSSR count). The molecule has 1 saturated carbocycles. The van der Waals surface area contributed by atoms with Gasteiger partial charge >= 0.3 is 6.18 Å². The van der Waals surface area contributed by atoms with Crippen molar-refractivity contribution in [1.29, 1.82) is 0 Å². The maximum absolute atomic E-state index is 13.8. The topological polar surface area (TPSA) is 24.8 Å². The molecular formula is C25H31F3N2O. The average molecular weight is 433 g/mol. The summed E-state index contributed by atoms with van der Waals surface area (Å²) in [7, 11) is 1.93. The highest BCUT2D eigenvalue weighted by molar-refractivity contribution is 5.64. The molecule has 0 spiro atoms. The van der Waals surface area contributed by atoms with E-state index in [2.05, 4.69) is 4.99 Å². The van der Waals surface area contributed by atoms with E-state index in [1.807, 2.05) is 38.8 Å². The first kappa shape index (κ1) is 23.2. The van der Waals surface area contributed by atoms with E-state index in [4.69, 9.17) is 4.74 Å². The molecule has 6 heteroatoms. The van der Waals surface area contributed by atoms with Crippen molar-refractivity contribution in [2.45, 2.75) is 65.0 Å². The summed E-state index contributed by atoms with van der Waals surface area (Å²) < 4.78 is 47.4. The summed E-state index contributed by atoms with van der Waals surface area (Å²) in [4.78, 5) is 6.42. The minimum absolute atomic E-state index is 0.156. The van der Waals surface area contributed by atoms with Crippen LogP contribution in [0.3, 0.4) is 0 Å². The fraction of sp³-hybridized carbons (Fsp3) is 0.480. The van der Waals surface area contributed by atoms with Crippen LogP contribution in [0.2, 0.25) is 0 Å². The number of nitrogens with zero attached hydrogens (tertiary/aromatic N) is 2. The molecule has 2 aromatic rings. The van der Waals surface area contributed by atoms with Crippen LogP contribution in [0, 0.1) is 13.8 Å². The zero-order valence-electron chi connectivity index (χ0n) is 18.7. The Labute approximate surface area is 182 Å². The van der Waals surface area contributed by atoms with Crippen molar-refractivity contribution in [3.8, 4) is 11.5 Å². The Balaban J connectivity index is 1.91. The molecule has 31 heavy (non-hydrogen) atoms. The van der Waals surface area contributed by atoms with E-state index < -0.39 is 11.7 Å². The Bertz CT molecular complexity index is 931. The lowest BCUT2D eigenvalue weighted by atomic mass is 9.83. The van der Waals surface area contributed by atoms with Crippen LogP contribution in [0.4, 0.5) is 18.9 Å². The molecule has 0 radical (unpaired) electrons. The smallest absolute Gasteiger partial charge is 0.419 e. The molecule has 0 bridgehead atoms. The van der Waals surface area contributed by atoms with Crippen molar-refractivity contribution in [1.82, 2.24) is 4.90 Å². The zero-order chi connectivity index (χ0) is 22.6. The molecule has 1 aliphatic carbocycles. The normalized spacial score (nSPS) is 15.5. The molecule has 0 N–H and O–H groups in total. The van der Waals surface area contributed by atoms with Gasteiger partial charge < -0.3 is 9.64 Å². The number of hydrogen-bond donors (Lipinski definition) is 0. The lowest BCUT2D eigenvalue weighted by molar-refractivity contribution is -0.138. The largest absolute Gasteiger partial charge is 0.456 e. The molecular weight excluding hydrogens is 401 g/mol. The predicted molar refractivity (Wildman–Crippen MR) is 120 cm³/mol. The van der Waals surface area contributed by atoms with Crippen molar-refractivity contribution >= 4 is 12.0 Å². The van der Waals surface area contributed by atoms with E-state index >= 15 is 0 Å². The molecule has 3 nitrogen and oxygen atoms in total. The Kier molecular flexibility index (Phi) is 7.29. The maximum Gasteiger partial charge on any atom is 0.419 e. The van der Waals surface area contributed by atoms with Crippen LogP contribution in [-0.4, -0.2) is 24.8 Å². The number of aliphatic imine (C=N–C) groups is 1. The number of alkyl halides is 3. The van der Waals surface area contributed by atoms with Gasteiger partial charge in [0.1, 0.15) is 11.5 Å². The van der Waals surface area contributed by atoms with Gasteiger partial charge in [-0.3, -0.25) is 0 Å². The van der Waals surface area contributed by atoms with Crippen molar-refractivity contribution in [2.24, 2.45) is 4.99 Å². The fourth-order valence-corrected chi connectivity index (χ4v) is 3.93. The number of aryl methyl sites for hydroxylation is 2. The standard InChI is InChI=1S/C25H31F3N2O/c1-5-30(4)16-29-22-13-18(3)24(14-17(22)2)31-23-12-11-20(15-21(23)25(26,27)28)19-9-7-6-8-10-19/h11-16,19H,5-10H2,1-4H3/b29-16-. The van der Waals surface area contributed by atoms with Gasteiger partial charge in [0.2, 0.25) is 0 Å². The second-order valence-corrected chi connectivity index (χ2v) is 8.41. The van der Waals surface area contributed by atoms with Crippen LogP contribution < -0.4 is 4.74 Å². The third kappa shape index (κ3) is 5.81. The molecule has 0 saturated heterocycles. The molecule has 0 atom stereocenters. The van der Waals surface area contributed by atoms with Crippen LogP contribution in [0.15, 0.2) is 35.3 Å². The van der Waals surface area contributed by atoms with E-state index in [1.165, 1.54) is 12.1 Å². The van der Waals surface area contributed by atoms with Crippen molar-refractivity contribution in [3.05, 3.63) is 52.6 Å². The summed E-state index contributed by atoms with van der Waals surface area (Å²) in [6, 6.07) is 8.15. The molecule has 0 heterocycles. The summed E-state index contributed by atoms with van der Waals surface area (Å²) in [5.74, 6) is 0.457. The first-order valence-electron chi connectivity index (χ1n) is 10.9. The molecule has 0 unspecified atom stereocenters. The van der Waals surface area contributed by atoms with Gasteiger partial charge in [-0.05, 0) is 80.5 Å². The first-order chi connectivity index (χ1) is 14.7. The molecule has 1 fully saturated rings. The van der Waals surface area contributed by atoms with Crippen LogP contribution in [0.5, 0.6) is 11.5 Å². The minimum Gasteiger partial charge on any atom is -0.456 e. The van der Waals surface area contributed by atoms with Gasteiger partial charge in [-0.25, -0.2) is 4.99 Å². The van der Waals surface area contributed by atoms with Crippen LogP contribution in [0.25, 0.3) is 0 Å². The lowest BCUT2D eigenvalue weighted by Gasteiger charge is -2.24. The second kappa shape index (κ2) is 9.75. The summed E-state index contributed by atoms with van der Waals surface area (Å²) in [6.45, 7) is 6.56. The molecule has 168 valence electrons. The van der Waals surface area contributed by atoms with Crippen LogP contribution >= 0.6 is 0 Å². The number of rotatable bonds is 6. The number of ether oxygens (including phenoxy) is 1. The highest BCUT2D eigenvalue weighted by atomic mass is 19.4. The fourth-order valence-electron chi connectivity index (χ4n) is 3.93. The van der Waals surface area contributed by atoms with Crippen molar-refractivity contribution in [3.63, 3.8) is 0 Å². The Morgan fingerprint density at radius 2 is 1.74 bits per heavy atom. The van der Waals surface area contributed by atoms with E-state index in [0.29, 0.717) is 5.75 Å². The van der Waals surface area contributed by atoms with Crippen molar-refractivity contribution < 1.29 is 17.9 Å². The van der Waals surface area contributed by atoms with Crippen LogP contribution in [0.1, 0.15) is 67.2 Å². The summed E-state index contributed by atoms with van der Waals surface area (Å²) in [6.07, 6.45) is 2.48. The van der Waals surface area contributed by atoms with Gasteiger partial charge in [0.15, 0.2) is 0 Å². The van der Waals surface area contributed by atoms with Gasteiger partial charge in [0.05, 0.1) is 17.6 Å². The molecule has 2 aromatic carbocycles. The second-order valence-electron chi connectivity index (χ2n) is 8.41. The van der Waals surface area contributed by atoms with Gasteiger partial charge in [0.25, 0.3) is 0 Å². The highest BCUT2D eigenvalue weighted by Gasteiger charge is 2.35. The highest BCUT2D eigenvalue weighted by Crippen LogP contribution is 2.43. The van der Waals surface area contributed by atoms with Gasteiger partial charge in [0, 0.05) is 13.6 Å². The monoisotopic (exact) mass is 432 g/mol. The Hall–Kier alpha value is -2.50. The Morgan fingerprint density at radius 3 is 2.39 bits per heavy atom. The first-order valence-corrected chi connectivity index (χ1v) is 10.9. The third-order valence-corrected chi connectivity index (χ3v) is 5.99. The maximum atomic E-state index is 13.8. The van der Waals surface area contributed by atoms with E-state index in [9.17, 15) is 13.2 Å². The molecule has 0 aromatic heterocycles. The predicted octanol–water partition coefficient (Wildman–Crippen LogP) is 7.77. The summed E-state index contributed by atoms with van der Waals surface area (Å²) in [5.41, 5.74) is 2.40. The number of benzene rings is 2. The summed E-state index contributed by atoms with van der Waals surface area (Å²) >= 11 is 0. The van der Waals surface area contributed by atoms with E-state index in [0.717, 1.165) is 61.0 Å². The minimum atomic E-state index is -4.47. The van der Waals surface area contributed by atoms with E-state index in [1.54, 1.807) is 18.5 Å². The van der Waals surface area contributed by atoms with E-state index in [-0.39, 0.29) is 11.7 Å². The molecule has 1 aliphatic rings. The number of hydrogen-bond acceptors (Lipinski definition) is 2.